The van der Waals surface area contributed by atoms with E-state index in [0.717, 1.165) is 52.6 Å². The molecule has 0 radical (unpaired) electrons. The maximum atomic E-state index is 13.0. The van der Waals surface area contributed by atoms with Gasteiger partial charge in [0.25, 0.3) is 5.56 Å². The molecule has 3 aromatic heterocycles. The first-order chi connectivity index (χ1) is 15.6. The van der Waals surface area contributed by atoms with Gasteiger partial charge in [-0.2, -0.15) is 5.10 Å². The molecule has 1 fully saturated rings. The molecule has 1 aliphatic heterocycles. The van der Waals surface area contributed by atoms with E-state index in [4.69, 9.17) is 0 Å². The Kier molecular flexibility index (Phi) is 5.89. The van der Waals surface area contributed by atoms with E-state index in [1.54, 1.807) is 11.3 Å². The van der Waals surface area contributed by atoms with Gasteiger partial charge in [0.15, 0.2) is 5.52 Å². The monoisotopic (exact) mass is 464 g/mol. The summed E-state index contributed by atoms with van der Waals surface area (Å²) >= 11 is 3.04. The average molecular weight is 465 g/mol. The maximum Gasteiger partial charge on any atom is 0.294 e. The number of amides is 1. The zero-order chi connectivity index (χ0) is 22.1. The minimum absolute atomic E-state index is 0.0485. The molecule has 1 saturated heterocycles. The molecule has 1 aliphatic rings. The number of fused-ring (bicyclic) bond motifs is 1. The Morgan fingerprint density at radius 1 is 1.12 bits per heavy atom. The lowest BCUT2D eigenvalue weighted by atomic mass is 9.90. The Morgan fingerprint density at radius 3 is 2.62 bits per heavy atom. The highest BCUT2D eigenvalue weighted by molar-refractivity contribution is 7.20. The number of thiophene rings is 1. The van der Waals surface area contributed by atoms with Crippen molar-refractivity contribution in [1.82, 2.24) is 19.7 Å². The number of rotatable bonds is 5. The summed E-state index contributed by atoms with van der Waals surface area (Å²) in [6, 6.07) is 14.5. The summed E-state index contributed by atoms with van der Waals surface area (Å²) in [5, 5.41) is 7.40. The number of likely N-dealkylation sites (tertiary alicyclic amines) is 1. The molecule has 0 aliphatic carbocycles. The lowest BCUT2D eigenvalue weighted by Crippen LogP contribution is -2.42. The van der Waals surface area contributed by atoms with Crippen molar-refractivity contribution >= 4 is 38.8 Å². The normalized spacial score (nSPS) is 14.8. The predicted octanol–water partition coefficient (Wildman–Crippen LogP) is 4.37. The van der Waals surface area contributed by atoms with Crippen LogP contribution in [0.5, 0.6) is 0 Å². The van der Waals surface area contributed by atoms with E-state index >= 15 is 0 Å². The molecular formula is C24H24N4O2S2. The van der Waals surface area contributed by atoms with Gasteiger partial charge in [0.1, 0.15) is 12.2 Å². The smallest absolute Gasteiger partial charge is 0.294 e. The molecule has 0 atom stereocenters. The summed E-state index contributed by atoms with van der Waals surface area (Å²) in [5.74, 6) is 0.531. The Bertz CT molecular complexity index is 1290. The number of carbonyl (C=O) groups excluding carboxylic acids is 1. The summed E-state index contributed by atoms with van der Waals surface area (Å²) < 4.78 is 2.09. The number of hydrogen-bond donors (Lipinski definition) is 0. The van der Waals surface area contributed by atoms with Crippen LogP contribution in [-0.2, 0) is 17.8 Å². The van der Waals surface area contributed by atoms with E-state index < -0.39 is 0 Å². The molecule has 4 heterocycles. The Morgan fingerprint density at radius 2 is 1.91 bits per heavy atom. The van der Waals surface area contributed by atoms with Gasteiger partial charge in [0.05, 0.1) is 14.6 Å². The molecule has 32 heavy (non-hydrogen) atoms. The zero-order valence-electron chi connectivity index (χ0n) is 17.9. The van der Waals surface area contributed by atoms with Crippen LogP contribution in [0.15, 0.2) is 52.6 Å². The Balaban J connectivity index is 1.32. The van der Waals surface area contributed by atoms with Gasteiger partial charge in [-0.3, -0.25) is 9.59 Å². The fourth-order valence-electron chi connectivity index (χ4n) is 4.31. The third-order valence-electron chi connectivity index (χ3n) is 5.98. The molecule has 1 amide bonds. The topological polar surface area (TPSA) is 68.1 Å². The maximum absolute atomic E-state index is 13.0. The quantitative estimate of drug-likeness (QED) is 0.440. The van der Waals surface area contributed by atoms with Crippen molar-refractivity contribution in [2.75, 3.05) is 13.1 Å². The first kappa shape index (κ1) is 21.0. The molecule has 1 aromatic carbocycles. The molecule has 0 bridgehead atoms. The van der Waals surface area contributed by atoms with Crippen LogP contribution in [0.3, 0.4) is 0 Å². The Labute approximate surface area is 194 Å². The molecule has 0 unspecified atom stereocenters. The van der Waals surface area contributed by atoms with Gasteiger partial charge < -0.3 is 4.90 Å². The van der Waals surface area contributed by atoms with Gasteiger partial charge >= 0.3 is 0 Å². The van der Waals surface area contributed by atoms with Crippen molar-refractivity contribution in [3.05, 3.63) is 68.8 Å². The van der Waals surface area contributed by atoms with Crippen molar-refractivity contribution in [3.8, 4) is 10.6 Å². The lowest BCUT2D eigenvalue weighted by Gasteiger charge is -2.32. The van der Waals surface area contributed by atoms with E-state index in [1.165, 1.54) is 21.6 Å². The summed E-state index contributed by atoms with van der Waals surface area (Å²) in [4.78, 5) is 33.3. The molecule has 5 rings (SSSR count). The first-order valence-electron chi connectivity index (χ1n) is 10.8. The molecule has 0 N–H and O–H groups in total. The highest BCUT2D eigenvalue weighted by atomic mass is 32.1. The van der Waals surface area contributed by atoms with E-state index in [1.807, 2.05) is 35.4 Å². The van der Waals surface area contributed by atoms with Crippen LogP contribution in [0.25, 0.3) is 20.8 Å². The van der Waals surface area contributed by atoms with Crippen LogP contribution in [0.2, 0.25) is 0 Å². The Hall–Kier alpha value is -2.84. The first-order valence-corrected chi connectivity index (χ1v) is 12.5. The number of benzene rings is 1. The molecule has 6 nitrogen and oxygen atoms in total. The van der Waals surface area contributed by atoms with Crippen molar-refractivity contribution in [2.24, 2.45) is 5.92 Å². The van der Waals surface area contributed by atoms with Crippen molar-refractivity contribution in [2.45, 2.75) is 32.7 Å². The van der Waals surface area contributed by atoms with Crippen LogP contribution >= 0.6 is 22.7 Å². The summed E-state index contributed by atoms with van der Waals surface area (Å²) in [6.45, 7) is 3.28. The number of hydrogen-bond acceptors (Lipinski definition) is 6. The van der Waals surface area contributed by atoms with Gasteiger partial charge in [0.2, 0.25) is 5.91 Å². The number of aromatic nitrogens is 3. The van der Waals surface area contributed by atoms with E-state index in [9.17, 15) is 9.59 Å². The predicted molar refractivity (Wildman–Crippen MR) is 129 cm³/mol. The minimum Gasteiger partial charge on any atom is -0.341 e. The summed E-state index contributed by atoms with van der Waals surface area (Å²) in [7, 11) is 0. The third-order valence-corrected chi connectivity index (χ3v) is 7.84. The van der Waals surface area contributed by atoms with E-state index in [-0.39, 0.29) is 18.0 Å². The summed E-state index contributed by atoms with van der Waals surface area (Å²) in [5.41, 5.74) is 2.19. The average Bonchev–Trinajstić information content (AvgIpc) is 3.47. The third kappa shape index (κ3) is 4.25. The van der Waals surface area contributed by atoms with Crippen LogP contribution in [0, 0.1) is 12.8 Å². The van der Waals surface area contributed by atoms with Crippen molar-refractivity contribution < 1.29 is 4.79 Å². The zero-order valence-corrected chi connectivity index (χ0v) is 19.5. The van der Waals surface area contributed by atoms with Crippen LogP contribution < -0.4 is 5.56 Å². The second-order valence-electron chi connectivity index (χ2n) is 8.21. The largest absolute Gasteiger partial charge is 0.341 e. The number of thiazole rings is 1. The van der Waals surface area contributed by atoms with Crippen LogP contribution in [0.4, 0.5) is 0 Å². The van der Waals surface area contributed by atoms with Crippen LogP contribution in [-0.4, -0.2) is 38.7 Å². The number of aryl methyl sites for hydroxylation is 1. The van der Waals surface area contributed by atoms with Crippen molar-refractivity contribution in [3.63, 3.8) is 0 Å². The number of carbonyl (C=O) groups is 1. The molecule has 4 aromatic rings. The van der Waals surface area contributed by atoms with Crippen molar-refractivity contribution in [1.29, 1.82) is 0 Å². The fourth-order valence-corrected chi connectivity index (χ4v) is 6.00. The van der Waals surface area contributed by atoms with Gasteiger partial charge in [-0.05, 0) is 49.1 Å². The molecule has 0 spiro atoms. The van der Waals surface area contributed by atoms with Crippen LogP contribution in [0.1, 0.15) is 23.4 Å². The highest BCUT2D eigenvalue weighted by Gasteiger charge is 2.25. The minimum atomic E-state index is -0.294. The second kappa shape index (κ2) is 8.96. The lowest BCUT2D eigenvalue weighted by molar-refractivity contribution is -0.133. The number of piperidine rings is 1. The summed E-state index contributed by atoms with van der Waals surface area (Å²) in [6.07, 6.45) is 3.01. The van der Waals surface area contributed by atoms with Gasteiger partial charge in [-0.25, -0.2) is 9.67 Å². The standard InChI is InChI=1S/C24H24N4O2S2/c1-16-25-22-23(32-16)21(19-8-5-13-31-19)26-28(24(22)30)15-20(29)27-11-9-18(10-12-27)14-17-6-3-2-4-7-17/h2-8,13,18H,9-12,14-15H2,1H3. The van der Waals surface area contributed by atoms with Gasteiger partial charge in [0, 0.05) is 13.1 Å². The van der Waals surface area contributed by atoms with E-state index in [2.05, 4.69) is 34.3 Å². The SMILES string of the molecule is Cc1nc2c(=O)n(CC(=O)N3CCC(Cc4ccccc4)CC3)nc(-c3cccs3)c2s1. The highest BCUT2D eigenvalue weighted by Crippen LogP contribution is 2.32. The van der Waals surface area contributed by atoms with Gasteiger partial charge in [-0.1, -0.05) is 36.4 Å². The van der Waals surface area contributed by atoms with Gasteiger partial charge in [-0.15, -0.1) is 22.7 Å². The van der Waals surface area contributed by atoms with E-state index in [0.29, 0.717) is 11.4 Å². The number of nitrogens with zero attached hydrogens (tertiary/aromatic N) is 4. The molecule has 0 saturated carbocycles. The molecule has 164 valence electrons. The molecule has 8 heteroatoms. The fraction of sp³-hybridized carbons (Fsp3) is 0.333. The molecular weight excluding hydrogens is 440 g/mol. The second-order valence-corrected chi connectivity index (χ2v) is 10.4.